The standard InChI is InChI=1S/C26H27NO6S.K/c1-17(2)19-7-10-22(11-8-19)34(29,30)27-26(28)23(14-18-5-4-6-21(13-18)31-3)20-9-12-24-25(15-20)33-16-32-24;/h4-13,15,17,23H,14,16H2,1-3H3,(H,27,28);. The summed E-state index contributed by atoms with van der Waals surface area (Å²) in [6.07, 6.45) is 0.268. The third kappa shape index (κ3) is 6.66. The van der Waals surface area contributed by atoms with Crippen LogP contribution in [0.5, 0.6) is 17.2 Å². The van der Waals surface area contributed by atoms with Gasteiger partial charge in [-0.3, -0.25) is 4.79 Å². The van der Waals surface area contributed by atoms with Crippen LogP contribution >= 0.6 is 0 Å². The van der Waals surface area contributed by atoms with Gasteiger partial charge in [0.1, 0.15) is 5.75 Å². The van der Waals surface area contributed by atoms with Crippen LogP contribution < -0.4 is 18.9 Å². The molecule has 1 N–H and O–H groups in total. The monoisotopic (exact) mass is 520 g/mol. The summed E-state index contributed by atoms with van der Waals surface area (Å²) in [6, 6.07) is 19.1. The maximum absolute atomic E-state index is 13.4. The fraction of sp³-hybridized carbons (Fsp3) is 0.269. The van der Waals surface area contributed by atoms with E-state index in [1.165, 1.54) is 12.1 Å². The number of carbonyl (C=O) groups excluding carboxylic acids is 1. The molecule has 0 saturated heterocycles. The predicted molar refractivity (Wildman–Crippen MR) is 134 cm³/mol. The summed E-state index contributed by atoms with van der Waals surface area (Å²) in [6.45, 7) is 4.16. The van der Waals surface area contributed by atoms with E-state index in [2.05, 4.69) is 4.72 Å². The molecule has 1 atom stereocenters. The largest absolute Gasteiger partial charge is 0.497 e. The van der Waals surface area contributed by atoms with E-state index in [-0.39, 0.29) is 75.4 Å². The average Bonchev–Trinajstić information content (AvgIpc) is 3.30. The Hall–Kier alpha value is -1.88. The van der Waals surface area contributed by atoms with Crippen LogP contribution in [0.4, 0.5) is 0 Å². The smallest absolute Gasteiger partial charge is 0.264 e. The van der Waals surface area contributed by atoms with Gasteiger partial charge in [-0.1, -0.05) is 44.2 Å². The molecular weight excluding hydrogens is 493 g/mol. The van der Waals surface area contributed by atoms with Crippen molar-refractivity contribution in [2.45, 2.75) is 37.0 Å². The maximum atomic E-state index is 13.4. The first-order valence-corrected chi connectivity index (χ1v) is 12.4. The van der Waals surface area contributed by atoms with Crippen molar-refractivity contribution < 1.29 is 27.4 Å². The van der Waals surface area contributed by atoms with Gasteiger partial charge in [0.2, 0.25) is 12.7 Å². The molecule has 0 fully saturated rings. The molecule has 1 aliphatic heterocycles. The molecule has 3 aromatic rings. The number of amides is 1. The Bertz CT molecular complexity index is 1290. The van der Waals surface area contributed by atoms with Crippen molar-refractivity contribution in [3.8, 4) is 17.2 Å². The number of hydrogen-bond acceptors (Lipinski definition) is 6. The van der Waals surface area contributed by atoms with Gasteiger partial charge in [0, 0.05) is 51.4 Å². The number of ether oxygens (including phenoxy) is 3. The van der Waals surface area contributed by atoms with Gasteiger partial charge in [0.25, 0.3) is 10.0 Å². The van der Waals surface area contributed by atoms with Crippen LogP contribution in [-0.2, 0) is 21.2 Å². The van der Waals surface area contributed by atoms with Crippen LogP contribution in [0.25, 0.3) is 0 Å². The van der Waals surface area contributed by atoms with Gasteiger partial charge in [-0.15, -0.1) is 0 Å². The maximum Gasteiger partial charge on any atom is 0.264 e. The van der Waals surface area contributed by atoms with Crippen molar-refractivity contribution in [1.82, 2.24) is 4.72 Å². The predicted octanol–water partition coefficient (Wildman–Crippen LogP) is 4.00. The summed E-state index contributed by atoms with van der Waals surface area (Å²) in [5.74, 6) is 0.612. The Morgan fingerprint density at radius 3 is 2.34 bits per heavy atom. The normalized spacial score (nSPS) is 13.1. The molecule has 1 aliphatic rings. The van der Waals surface area contributed by atoms with Crippen molar-refractivity contribution in [3.63, 3.8) is 0 Å². The molecular formula is C26H27KNO6S. The van der Waals surface area contributed by atoms with Crippen molar-refractivity contribution in [3.05, 3.63) is 83.4 Å². The van der Waals surface area contributed by atoms with E-state index in [1.54, 1.807) is 37.4 Å². The van der Waals surface area contributed by atoms with Gasteiger partial charge in [-0.25, -0.2) is 13.1 Å². The minimum absolute atomic E-state index is 0. The van der Waals surface area contributed by atoms with Crippen LogP contribution in [0.1, 0.15) is 42.4 Å². The molecule has 35 heavy (non-hydrogen) atoms. The summed E-state index contributed by atoms with van der Waals surface area (Å²) < 4.78 is 44.4. The Morgan fingerprint density at radius 2 is 1.66 bits per heavy atom. The Morgan fingerprint density at radius 1 is 0.971 bits per heavy atom. The van der Waals surface area contributed by atoms with E-state index in [1.807, 2.05) is 38.1 Å². The third-order valence-electron chi connectivity index (χ3n) is 5.78. The van der Waals surface area contributed by atoms with Crippen molar-refractivity contribution in [2.75, 3.05) is 13.9 Å². The number of nitrogens with one attached hydrogen (secondary N) is 1. The summed E-state index contributed by atoms with van der Waals surface area (Å²) in [7, 11) is -2.48. The van der Waals surface area contributed by atoms with Crippen LogP contribution in [0, 0.1) is 0 Å². The van der Waals surface area contributed by atoms with Gasteiger partial charge >= 0.3 is 0 Å². The quantitative estimate of drug-likeness (QED) is 0.452. The van der Waals surface area contributed by atoms with Gasteiger partial charge in [-0.2, -0.15) is 0 Å². The molecule has 0 spiro atoms. The zero-order valence-corrected chi connectivity index (χ0v) is 24.2. The number of sulfonamides is 1. The van der Waals surface area contributed by atoms with Crippen LogP contribution in [-0.4, -0.2) is 79.6 Å². The average molecular weight is 521 g/mol. The molecule has 0 saturated carbocycles. The summed E-state index contributed by atoms with van der Waals surface area (Å²) >= 11 is 0. The van der Waals surface area contributed by atoms with Crippen molar-refractivity contribution in [1.29, 1.82) is 0 Å². The van der Waals surface area contributed by atoms with E-state index >= 15 is 0 Å². The van der Waals surface area contributed by atoms with Gasteiger partial charge in [0.15, 0.2) is 11.5 Å². The van der Waals surface area contributed by atoms with Crippen molar-refractivity contribution in [2.24, 2.45) is 0 Å². The molecule has 0 aromatic heterocycles. The molecule has 3 aromatic carbocycles. The second kappa shape index (κ2) is 11.9. The molecule has 7 nitrogen and oxygen atoms in total. The second-order valence-electron chi connectivity index (χ2n) is 8.41. The molecule has 1 amide bonds. The van der Waals surface area contributed by atoms with Gasteiger partial charge in [-0.05, 0) is 65.4 Å². The first-order valence-electron chi connectivity index (χ1n) is 11.0. The van der Waals surface area contributed by atoms with Crippen LogP contribution in [0.15, 0.2) is 71.6 Å². The Kier molecular flexibility index (Phi) is 9.42. The number of fused-ring (bicyclic) bond motifs is 1. The van der Waals surface area contributed by atoms with Gasteiger partial charge < -0.3 is 14.2 Å². The minimum atomic E-state index is -4.05. The fourth-order valence-corrected chi connectivity index (χ4v) is 4.84. The van der Waals surface area contributed by atoms with E-state index in [0.717, 1.165) is 11.1 Å². The SMILES string of the molecule is COc1cccc(CC(C(=O)NS(=O)(=O)c2ccc(C(C)C)cc2)c2ccc3c(c2)OCO3)c1.[K]. The first-order chi connectivity index (χ1) is 16.3. The summed E-state index contributed by atoms with van der Waals surface area (Å²) in [5, 5.41) is 0. The number of hydrogen-bond donors (Lipinski definition) is 1. The van der Waals surface area contributed by atoms with E-state index in [9.17, 15) is 13.2 Å². The second-order valence-corrected chi connectivity index (χ2v) is 10.1. The molecule has 0 aliphatic carbocycles. The molecule has 179 valence electrons. The van der Waals surface area contributed by atoms with E-state index in [4.69, 9.17) is 14.2 Å². The van der Waals surface area contributed by atoms with E-state index < -0.39 is 21.8 Å². The molecule has 1 unspecified atom stereocenters. The number of benzene rings is 3. The van der Waals surface area contributed by atoms with Gasteiger partial charge in [0.05, 0.1) is 17.9 Å². The number of carbonyl (C=O) groups is 1. The van der Waals surface area contributed by atoms with Crippen LogP contribution in [0.3, 0.4) is 0 Å². The molecule has 0 bridgehead atoms. The first kappa shape index (κ1) is 27.7. The Balaban J connectivity index is 0.00000342. The van der Waals surface area contributed by atoms with E-state index in [0.29, 0.717) is 22.8 Å². The molecule has 1 radical (unpaired) electrons. The van der Waals surface area contributed by atoms with Crippen LogP contribution in [0.2, 0.25) is 0 Å². The zero-order valence-electron chi connectivity index (χ0n) is 20.3. The Labute approximate surface area is 248 Å². The minimum Gasteiger partial charge on any atom is -0.497 e. The topological polar surface area (TPSA) is 90.9 Å². The number of methoxy groups -OCH3 is 1. The molecule has 4 rings (SSSR count). The zero-order chi connectivity index (χ0) is 24.3. The third-order valence-corrected chi connectivity index (χ3v) is 7.14. The summed E-state index contributed by atoms with van der Waals surface area (Å²) in [4.78, 5) is 13.4. The molecule has 9 heteroatoms. The molecule has 1 heterocycles. The fourth-order valence-electron chi connectivity index (χ4n) is 3.82. The number of rotatable bonds is 8. The van der Waals surface area contributed by atoms with Crippen molar-refractivity contribution >= 4 is 67.3 Å². The summed E-state index contributed by atoms with van der Waals surface area (Å²) in [5.41, 5.74) is 2.47.